The molecule has 0 unspecified atom stereocenters. The van der Waals surface area contributed by atoms with E-state index in [0.717, 1.165) is 6.07 Å². The Morgan fingerprint density at radius 3 is 2.35 bits per heavy atom. The van der Waals surface area contributed by atoms with Crippen LogP contribution in [0.25, 0.3) is 0 Å². The SMILES string of the molecule is NCC(=O)N1CCN(C(=O)c2ccc(Cl)cc2F)CC1. The van der Waals surface area contributed by atoms with Gasteiger partial charge in [-0.05, 0) is 18.2 Å². The number of hydrogen-bond acceptors (Lipinski definition) is 3. The second-order valence-electron chi connectivity index (χ2n) is 4.50. The molecule has 0 spiro atoms. The zero-order valence-corrected chi connectivity index (χ0v) is 11.6. The minimum atomic E-state index is -0.636. The van der Waals surface area contributed by atoms with E-state index in [4.69, 9.17) is 17.3 Å². The number of benzene rings is 1. The molecule has 7 heteroatoms. The molecule has 1 heterocycles. The third-order valence-electron chi connectivity index (χ3n) is 3.26. The van der Waals surface area contributed by atoms with Crippen molar-refractivity contribution in [1.29, 1.82) is 0 Å². The lowest BCUT2D eigenvalue weighted by Gasteiger charge is -2.34. The fourth-order valence-electron chi connectivity index (χ4n) is 2.12. The maximum atomic E-state index is 13.7. The first kappa shape index (κ1) is 14.7. The molecule has 0 aliphatic carbocycles. The van der Waals surface area contributed by atoms with Crippen molar-refractivity contribution >= 4 is 23.4 Å². The Morgan fingerprint density at radius 1 is 1.20 bits per heavy atom. The highest BCUT2D eigenvalue weighted by molar-refractivity contribution is 6.30. The third kappa shape index (κ3) is 3.08. The molecule has 0 saturated carbocycles. The van der Waals surface area contributed by atoms with E-state index in [-0.39, 0.29) is 28.9 Å². The van der Waals surface area contributed by atoms with Crippen LogP contribution < -0.4 is 5.73 Å². The number of hydrogen-bond donors (Lipinski definition) is 1. The van der Waals surface area contributed by atoms with Gasteiger partial charge >= 0.3 is 0 Å². The average Bonchev–Trinajstić information content (AvgIpc) is 2.46. The molecular formula is C13H15ClFN3O2. The Bertz CT molecular complexity index is 530. The van der Waals surface area contributed by atoms with E-state index in [1.54, 1.807) is 4.90 Å². The molecule has 1 fully saturated rings. The van der Waals surface area contributed by atoms with Gasteiger partial charge in [0.2, 0.25) is 5.91 Å². The van der Waals surface area contributed by atoms with Crippen LogP contribution in [0.3, 0.4) is 0 Å². The largest absolute Gasteiger partial charge is 0.338 e. The van der Waals surface area contributed by atoms with Gasteiger partial charge in [0.15, 0.2) is 0 Å². The minimum absolute atomic E-state index is 0.00648. The normalized spacial score (nSPS) is 15.3. The monoisotopic (exact) mass is 299 g/mol. The van der Waals surface area contributed by atoms with Gasteiger partial charge in [-0.15, -0.1) is 0 Å². The van der Waals surface area contributed by atoms with Crippen LogP contribution in [-0.2, 0) is 4.79 Å². The van der Waals surface area contributed by atoms with Crippen molar-refractivity contribution in [2.45, 2.75) is 0 Å². The Balaban J connectivity index is 2.03. The zero-order chi connectivity index (χ0) is 14.7. The molecule has 1 aromatic carbocycles. The summed E-state index contributed by atoms with van der Waals surface area (Å²) in [6.45, 7) is 1.52. The maximum Gasteiger partial charge on any atom is 0.256 e. The quantitative estimate of drug-likeness (QED) is 0.875. The zero-order valence-electron chi connectivity index (χ0n) is 10.8. The maximum absolute atomic E-state index is 13.7. The second kappa shape index (κ2) is 6.19. The fourth-order valence-corrected chi connectivity index (χ4v) is 2.28. The van der Waals surface area contributed by atoms with Crippen LogP contribution in [0.4, 0.5) is 4.39 Å². The molecule has 2 rings (SSSR count). The van der Waals surface area contributed by atoms with E-state index >= 15 is 0 Å². The predicted molar refractivity (Wildman–Crippen MR) is 72.9 cm³/mol. The number of carbonyl (C=O) groups is 2. The van der Waals surface area contributed by atoms with E-state index in [1.807, 2.05) is 0 Å². The van der Waals surface area contributed by atoms with Crippen molar-refractivity contribution in [2.24, 2.45) is 5.73 Å². The number of carbonyl (C=O) groups excluding carboxylic acids is 2. The highest BCUT2D eigenvalue weighted by Crippen LogP contribution is 2.17. The highest BCUT2D eigenvalue weighted by Gasteiger charge is 2.25. The van der Waals surface area contributed by atoms with Gasteiger partial charge in [0.25, 0.3) is 5.91 Å². The van der Waals surface area contributed by atoms with E-state index in [2.05, 4.69) is 0 Å². The molecule has 1 aliphatic rings. The first-order valence-corrected chi connectivity index (χ1v) is 6.63. The summed E-state index contributed by atoms with van der Waals surface area (Å²) in [5.74, 6) is -1.17. The summed E-state index contributed by atoms with van der Waals surface area (Å²) in [6.07, 6.45) is 0. The summed E-state index contributed by atoms with van der Waals surface area (Å²) in [5.41, 5.74) is 5.28. The molecule has 0 bridgehead atoms. The Hall–Kier alpha value is -1.66. The number of rotatable bonds is 2. The van der Waals surface area contributed by atoms with Crippen molar-refractivity contribution in [3.8, 4) is 0 Å². The fraction of sp³-hybridized carbons (Fsp3) is 0.385. The smallest absolute Gasteiger partial charge is 0.256 e. The molecule has 0 radical (unpaired) electrons. The summed E-state index contributed by atoms with van der Waals surface area (Å²) in [4.78, 5) is 26.7. The van der Waals surface area contributed by atoms with Crippen LogP contribution in [0.1, 0.15) is 10.4 Å². The standard InChI is InChI=1S/C13H15ClFN3O2/c14-9-1-2-10(11(15)7-9)13(20)18-5-3-17(4-6-18)12(19)8-16/h1-2,7H,3-6,8,16H2. The molecule has 0 atom stereocenters. The summed E-state index contributed by atoms with van der Waals surface area (Å²) >= 11 is 5.66. The highest BCUT2D eigenvalue weighted by atomic mass is 35.5. The first-order chi connectivity index (χ1) is 9.52. The van der Waals surface area contributed by atoms with Crippen LogP contribution in [0.15, 0.2) is 18.2 Å². The molecule has 108 valence electrons. The molecular weight excluding hydrogens is 285 g/mol. The number of halogens is 2. The second-order valence-corrected chi connectivity index (χ2v) is 4.94. The van der Waals surface area contributed by atoms with Crippen LogP contribution >= 0.6 is 11.6 Å². The third-order valence-corrected chi connectivity index (χ3v) is 3.49. The number of nitrogens with two attached hydrogens (primary N) is 1. The molecule has 2 N–H and O–H groups in total. The minimum Gasteiger partial charge on any atom is -0.338 e. The van der Waals surface area contributed by atoms with Crippen molar-refractivity contribution in [1.82, 2.24) is 9.80 Å². The van der Waals surface area contributed by atoms with Crippen LogP contribution in [-0.4, -0.2) is 54.3 Å². The van der Waals surface area contributed by atoms with Gasteiger partial charge in [-0.1, -0.05) is 11.6 Å². The Labute approximate surface area is 121 Å². The molecule has 0 aromatic heterocycles. The Kier molecular flexibility index (Phi) is 4.57. The molecule has 5 nitrogen and oxygen atoms in total. The van der Waals surface area contributed by atoms with E-state index < -0.39 is 5.82 Å². The van der Waals surface area contributed by atoms with Gasteiger partial charge in [-0.25, -0.2) is 4.39 Å². The van der Waals surface area contributed by atoms with Crippen LogP contribution in [0.5, 0.6) is 0 Å². The van der Waals surface area contributed by atoms with Gasteiger partial charge in [0, 0.05) is 31.2 Å². The van der Waals surface area contributed by atoms with Gasteiger partial charge < -0.3 is 15.5 Å². The summed E-state index contributed by atoms with van der Waals surface area (Å²) in [5, 5.41) is 0.248. The first-order valence-electron chi connectivity index (χ1n) is 6.25. The average molecular weight is 300 g/mol. The molecule has 1 saturated heterocycles. The lowest BCUT2D eigenvalue weighted by atomic mass is 10.1. The number of piperazine rings is 1. The lowest BCUT2D eigenvalue weighted by molar-refractivity contribution is -0.131. The van der Waals surface area contributed by atoms with Crippen molar-refractivity contribution < 1.29 is 14.0 Å². The summed E-state index contributed by atoms with van der Waals surface area (Å²) in [6, 6.07) is 3.96. The lowest BCUT2D eigenvalue weighted by Crippen LogP contribution is -2.52. The molecule has 20 heavy (non-hydrogen) atoms. The van der Waals surface area contributed by atoms with Crippen LogP contribution in [0.2, 0.25) is 5.02 Å². The molecule has 2 amide bonds. The van der Waals surface area contributed by atoms with Gasteiger partial charge in [0.05, 0.1) is 12.1 Å². The molecule has 1 aromatic rings. The van der Waals surface area contributed by atoms with Crippen molar-refractivity contribution in [3.05, 3.63) is 34.6 Å². The summed E-state index contributed by atoms with van der Waals surface area (Å²) in [7, 11) is 0. The van der Waals surface area contributed by atoms with E-state index in [0.29, 0.717) is 26.2 Å². The molecule has 1 aliphatic heterocycles. The predicted octanol–water partition coefficient (Wildman–Crippen LogP) is 0.722. The van der Waals surface area contributed by atoms with Crippen molar-refractivity contribution in [3.63, 3.8) is 0 Å². The van der Waals surface area contributed by atoms with E-state index in [1.165, 1.54) is 17.0 Å². The van der Waals surface area contributed by atoms with E-state index in [9.17, 15) is 14.0 Å². The van der Waals surface area contributed by atoms with Gasteiger partial charge in [-0.2, -0.15) is 0 Å². The van der Waals surface area contributed by atoms with Crippen molar-refractivity contribution in [2.75, 3.05) is 32.7 Å². The van der Waals surface area contributed by atoms with Gasteiger partial charge in [0.1, 0.15) is 5.82 Å². The van der Waals surface area contributed by atoms with Crippen LogP contribution in [0, 0.1) is 5.82 Å². The van der Waals surface area contributed by atoms with Gasteiger partial charge in [-0.3, -0.25) is 9.59 Å². The summed E-state index contributed by atoms with van der Waals surface area (Å²) < 4.78 is 13.7. The number of amides is 2. The number of nitrogens with zero attached hydrogens (tertiary/aromatic N) is 2. The topological polar surface area (TPSA) is 66.6 Å². The Morgan fingerprint density at radius 2 is 1.80 bits per heavy atom.